The second-order valence-electron chi connectivity index (χ2n) is 5.04. The van der Waals surface area contributed by atoms with Crippen molar-refractivity contribution in [3.8, 4) is 22.3 Å². The molecule has 0 aliphatic rings. The Kier molecular flexibility index (Phi) is 3.97. The molecule has 3 aromatic rings. The van der Waals surface area contributed by atoms with Crippen LogP contribution < -0.4 is 11.5 Å². The Morgan fingerprint density at radius 1 is 0.545 bits per heavy atom. The Hall–Kier alpha value is -2.16. The molecular formula is C18H14Cl2N2. The van der Waals surface area contributed by atoms with Crippen LogP contribution in [0.15, 0.2) is 60.7 Å². The number of benzene rings is 3. The minimum Gasteiger partial charge on any atom is -0.398 e. The molecule has 0 heterocycles. The lowest BCUT2D eigenvalue weighted by Crippen LogP contribution is -1.91. The largest absolute Gasteiger partial charge is 0.398 e. The van der Waals surface area contributed by atoms with Crippen LogP contribution >= 0.6 is 23.2 Å². The molecule has 0 spiro atoms. The highest BCUT2D eigenvalue weighted by Gasteiger charge is 2.07. The molecule has 0 aliphatic carbocycles. The smallest absolute Gasteiger partial charge is 0.0413 e. The third-order valence-corrected chi connectivity index (χ3v) is 4.01. The number of rotatable bonds is 2. The van der Waals surface area contributed by atoms with Crippen molar-refractivity contribution in [2.24, 2.45) is 0 Å². The monoisotopic (exact) mass is 328 g/mol. The van der Waals surface area contributed by atoms with Gasteiger partial charge in [0, 0.05) is 32.5 Å². The third-order valence-electron chi connectivity index (χ3n) is 3.54. The quantitative estimate of drug-likeness (QED) is 0.611. The number of nitrogens with two attached hydrogens (primary N) is 2. The fourth-order valence-electron chi connectivity index (χ4n) is 2.39. The van der Waals surface area contributed by atoms with Crippen LogP contribution in [0.1, 0.15) is 0 Å². The van der Waals surface area contributed by atoms with E-state index in [-0.39, 0.29) is 0 Å². The number of anilines is 2. The normalized spacial score (nSPS) is 10.6. The summed E-state index contributed by atoms with van der Waals surface area (Å²) < 4.78 is 0. The zero-order chi connectivity index (χ0) is 15.7. The highest BCUT2D eigenvalue weighted by atomic mass is 35.5. The molecule has 4 N–H and O–H groups in total. The number of hydrogen-bond acceptors (Lipinski definition) is 2. The fraction of sp³-hybridized carbons (Fsp3) is 0. The molecule has 0 amide bonds. The van der Waals surface area contributed by atoms with Gasteiger partial charge in [-0.3, -0.25) is 0 Å². The lowest BCUT2D eigenvalue weighted by Gasteiger charge is -2.10. The van der Waals surface area contributed by atoms with Gasteiger partial charge in [-0.25, -0.2) is 0 Å². The predicted octanol–water partition coefficient (Wildman–Crippen LogP) is 5.49. The SMILES string of the molecule is Nc1ccc(Cl)cc1-c1ccc(-c2cc(Cl)ccc2N)cc1. The van der Waals surface area contributed by atoms with Crippen molar-refractivity contribution in [3.05, 3.63) is 70.7 Å². The highest BCUT2D eigenvalue weighted by molar-refractivity contribution is 6.31. The van der Waals surface area contributed by atoms with Gasteiger partial charge >= 0.3 is 0 Å². The molecule has 0 saturated carbocycles. The van der Waals surface area contributed by atoms with E-state index in [1.807, 2.05) is 36.4 Å². The lowest BCUT2D eigenvalue weighted by molar-refractivity contribution is 1.58. The first kappa shape index (κ1) is 14.8. The third kappa shape index (κ3) is 2.89. The average molecular weight is 329 g/mol. The molecule has 4 heteroatoms. The highest BCUT2D eigenvalue weighted by Crippen LogP contribution is 2.33. The maximum absolute atomic E-state index is 6.05. The standard InChI is InChI=1S/C18H14Cl2N2/c19-13-5-7-17(21)15(9-13)11-1-2-12(4-3-11)16-10-14(20)6-8-18(16)22/h1-10H,21-22H2. The summed E-state index contributed by atoms with van der Waals surface area (Å²) in [6.45, 7) is 0. The van der Waals surface area contributed by atoms with Gasteiger partial charge in [0.15, 0.2) is 0 Å². The van der Waals surface area contributed by atoms with Gasteiger partial charge in [-0.1, -0.05) is 47.5 Å². The van der Waals surface area contributed by atoms with Gasteiger partial charge < -0.3 is 11.5 Å². The van der Waals surface area contributed by atoms with Gasteiger partial charge in [0.2, 0.25) is 0 Å². The van der Waals surface area contributed by atoms with E-state index in [9.17, 15) is 0 Å². The molecule has 0 saturated heterocycles. The molecule has 0 bridgehead atoms. The van der Waals surface area contributed by atoms with E-state index in [0.29, 0.717) is 21.4 Å². The van der Waals surface area contributed by atoms with Crippen LogP contribution in [0.3, 0.4) is 0 Å². The van der Waals surface area contributed by atoms with Crippen molar-refractivity contribution in [2.45, 2.75) is 0 Å². The molecule has 2 nitrogen and oxygen atoms in total. The van der Waals surface area contributed by atoms with Crippen molar-refractivity contribution >= 4 is 34.6 Å². The first-order valence-corrected chi connectivity index (χ1v) is 7.51. The number of halogens is 2. The molecule has 0 unspecified atom stereocenters. The Bertz CT molecular complexity index is 756. The first-order valence-electron chi connectivity index (χ1n) is 6.75. The van der Waals surface area contributed by atoms with E-state index in [1.54, 1.807) is 24.3 Å². The molecule has 3 rings (SSSR count). The van der Waals surface area contributed by atoms with E-state index in [4.69, 9.17) is 34.7 Å². The predicted molar refractivity (Wildman–Crippen MR) is 96.2 cm³/mol. The summed E-state index contributed by atoms with van der Waals surface area (Å²) in [5.74, 6) is 0. The summed E-state index contributed by atoms with van der Waals surface area (Å²) >= 11 is 12.1. The molecule has 0 aliphatic heterocycles. The van der Waals surface area contributed by atoms with Crippen LogP contribution in [0, 0.1) is 0 Å². The van der Waals surface area contributed by atoms with E-state index in [2.05, 4.69) is 0 Å². The summed E-state index contributed by atoms with van der Waals surface area (Å²) in [5.41, 5.74) is 17.3. The Morgan fingerprint density at radius 3 is 1.27 bits per heavy atom. The summed E-state index contributed by atoms with van der Waals surface area (Å²) in [6.07, 6.45) is 0. The van der Waals surface area contributed by atoms with Crippen LogP contribution in [-0.4, -0.2) is 0 Å². The van der Waals surface area contributed by atoms with Gasteiger partial charge in [-0.15, -0.1) is 0 Å². The van der Waals surface area contributed by atoms with E-state index < -0.39 is 0 Å². The van der Waals surface area contributed by atoms with Crippen LogP contribution in [0.5, 0.6) is 0 Å². The van der Waals surface area contributed by atoms with Crippen LogP contribution in [-0.2, 0) is 0 Å². The zero-order valence-electron chi connectivity index (χ0n) is 11.7. The van der Waals surface area contributed by atoms with Gasteiger partial charge in [0.05, 0.1) is 0 Å². The maximum Gasteiger partial charge on any atom is 0.0413 e. The van der Waals surface area contributed by atoms with Crippen molar-refractivity contribution in [1.29, 1.82) is 0 Å². The second kappa shape index (κ2) is 5.91. The molecule has 0 atom stereocenters. The van der Waals surface area contributed by atoms with Crippen LogP contribution in [0.25, 0.3) is 22.3 Å². The minimum atomic E-state index is 0.660. The van der Waals surface area contributed by atoms with Crippen molar-refractivity contribution < 1.29 is 0 Å². The van der Waals surface area contributed by atoms with Gasteiger partial charge in [-0.2, -0.15) is 0 Å². The molecule has 110 valence electrons. The average Bonchev–Trinajstić information content (AvgIpc) is 2.52. The van der Waals surface area contributed by atoms with E-state index in [1.165, 1.54) is 0 Å². The van der Waals surface area contributed by atoms with E-state index in [0.717, 1.165) is 22.3 Å². The van der Waals surface area contributed by atoms with Crippen molar-refractivity contribution in [2.75, 3.05) is 11.5 Å². The summed E-state index contributed by atoms with van der Waals surface area (Å²) in [5, 5.41) is 1.32. The maximum atomic E-state index is 6.05. The zero-order valence-corrected chi connectivity index (χ0v) is 13.2. The molecule has 22 heavy (non-hydrogen) atoms. The lowest BCUT2D eigenvalue weighted by atomic mass is 9.98. The van der Waals surface area contributed by atoms with E-state index >= 15 is 0 Å². The first-order chi connectivity index (χ1) is 10.5. The Balaban J connectivity index is 2.03. The molecular weight excluding hydrogens is 315 g/mol. The van der Waals surface area contributed by atoms with Crippen LogP contribution in [0.4, 0.5) is 11.4 Å². The van der Waals surface area contributed by atoms with Crippen LogP contribution in [0.2, 0.25) is 10.0 Å². The summed E-state index contributed by atoms with van der Waals surface area (Å²) in [7, 11) is 0. The molecule has 0 aromatic heterocycles. The van der Waals surface area contributed by atoms with Gasteiger partial charge in [-0.05, 0) is 47.5 Å². The molecule has 0 radical (unpaired) electrons. The summed E-state index contributed by atoms with van der Waals surface area (Å²) in [6, 6.07) is 18.9. The number of nitrogen functional groups attached to an aromatic ring is 2. The van der Waals surface area contributed by atoms with Gasteiger partial charge in [0.1, 0.15) is 0 Å². The van der Waals surface area contributed by atoms with Crippen molar-refractivity contribution in [3.63, 3.8) is 0 Å². The topological polar surface area (TPSA) is 52.0 Å². The fourth-order valence-corrected chi connectivity index (χ4v) is 2.73. The second-order valence-corrected chi connectivity index (χ2v) is 5.91. The number of hydrogen-bond donors (Lipinski definition) is 2. The van der Waals surface area contributed by atoms with Gasteiger partial charge in [0.25, 0.3) is 0 Å². The molecule has 3 aromatic carbocycles. The Morgan fingerprint density at radius 2 is 0.909 bits per heavy atom. The van der Waals surface area contributed by atoms with Crippen molar-refractivity contribution in [1.82, 2.24) is 0 Å². The minimum absolute atomic E-state index is 0.660. The molecule has 0 fully saturated rings. The Labute approximate surface area is 139 Å². The summed E-state index contributed by atoms with van der Waals surface area (Å²) in [4.78, 5) is 0.